The molecule has 0 N–H and O–H groups in total. The van der Waals surface area contributed by atoms with Crippen molar-refractivity contribution in [2.45, 2.75) is 37.9 Å². The van der Waals surface area contributed by atoms with Gasteiger partial charge in [-0.1, -0.05) is 30.3 Å². The Balaban J connectivity index is 1.40. The molecule has 0 spiro atoms. The van der Waals surface area contributed by atoms with Gasteiger partial charge in [-0.05, 0) is 55.2 Å². The molecule has 2 heterocycles. The highest BCUT2D eigenvalue weighted by Crippen LogP contribution is 2.52. The van der Waals surface area contributed by atoms with E-state index in [0.717, 1.165) is 17.4 Å². The van der Waals surface area contributed by atoms with Crippen molar-refractivity contribution in [2.75, 3.05) is 0 Å². The Morgan fingerprint density at radius 1 is 1.06 bits per heavy atom. The number of aldehydes is 1. The van der Waals surface area contributed by atoms with Gasteiger partial charge in [0.1, 0.15) is 12.1 Å². The third-order valence-corrected chi connectivity index (χ3v) is 6.03. The summed E-state index contributed by atoms with van der Waals surface area (Å²) in [6, 6.07) is 15.4. The SMILES string of the molecule is Cc1ccc(CC(=O)C2(c3ccc4c(c3)OC(F)(F)O4)CC2)nc1-c1cccc(C=O)c1. The molecule has 0 radical (unpaired) electrons. The molecule has 5 rings (SSSR count). The van der Waals surface area contributed by atoms with Crippen molar-refractivity contribution in [3.63, 3.8) is 0 Å². The number of hydrogen-bond acceptors (Lipinski definition) is 5. The number of aromatic nitrogens is 1. The molecule has 3 aromatic rings. The van der Waals surface area contributed by atoms with E-state index in [-0.39, 0.29) is 23.7 Å². The van der Waals surface area contributed by atoms with E-state index in [9.17, 15) is 18.4 Å². The van der Waals surface area contributed by atoms with Gasteiger partial charge < -0.3 is 9.47 Å². The molecule has 2 aromatic carbocycles. The summed E-state index contributed by atoms with van der Waals surface area (Å²) in [5.41, 5.74) is 3.55. The molecular formula is C25H19F2NO4. The van der Waals surface area contributed by atoms with E-state index in [1.54, 1.807) is 24.3 Å². The van der Waals surface area contributed by atoms with Gasteiger partial charge in [0.15, 0.2) is 11.5 Å². The fourth-order valence-corrected chi connectivity index (χ4v) is 4.15. The Morgan fingerprint density at radius 3 is 2.59 bits per heavy atom. The Kier molecular flexibility index (Phi) is 4.58. The predicted octanol–water partition coefficient (Wildman–Crippen LogP) is 5.03. The minimum atomic E-state index is -3.69. The number of Topliss-reactive ketones (excluding diaryl/α,β-unsaturated/α-hetero) is 1. The Hall–Kier alpha value is -3.61. The zero-order chi connectivity index (χ0) is 22.5. The number of pyridine rings is 1. The number of nitrogens with zero attached hydrogens (tertiary/aromatic N) is 1. The lowest BCUT2D eigenvalue weighted by atomic mass is 9.88. The van der Waals surface area contributed by atoms with E-state index in [2.05, 4.69) is 14.5 Å². The highest BCUT2D eigenvalue weighted by Gasteiger charge is 2.52. The monoisotopic (exact) mass is 435 g/mol. The Bertz CT molecular complexity index is 1250. The minimum Gasteiger partial charge on any atom is -0.395 e. The number of hydrogen-bond donors (Lipinski definition) is 0. The summed E-state index contributed by atoms with van der Waals surface area (Å²) in [6.07, 6.45) is -1.51. The second-order valence-corrected chi connectivity index (χ2v) is 8.22. The van der Waals surface area contributed by atoms with Gasteiger partial charge in [0.25, 0.3) is 0 Å². The summed E-state index contributed by atoms with van der Waals surface area (Å²) < 4.78 is 35.7. The van der Waals surface area contributed by atoms with Crippen molar-refractivity contribution in [2.24, 2.45) is 0 Å². The standard InChI is InChI=1S/C25H19F2NO4/c1-15-5-7-19(28-23(15)17-4-2-3-16(11-17)14-29)13-22(30)24(9-10-24)18-6-8-20-21(12-18)32-25(26,27)31-20/h2-8,11-12,14H,9-10,13H2,1H3. The summed E-state index contributed by atoms with van der Waals surface area (Å²) in [6.45, 7) is 1.92. The van der Waals surface area contributed by atoms with Gasteiger partial charge in [-0.25, -0.2) is 0 Å². The second kappa shape index (κ2) is 7.22. The normalized spacial score (nSPS) is 17.1. The first-order valence-electron chi connectivity index (χ1n) is 10.3. The molecule has 5 nitrogen and oxygen atoms in total. The average Bonchev–Trinajstić information content (AvgIpc) is 3.52. The van der Waals surface area contributed by atoms with Gasteiger partial charge in [0.05, 0.1) is 11.1 Å². The van der Waals surface area contributed by atoms with E-state index in [4.69, 9.17) is 0 Å². The van der Waals surface area contributed by atoms with Crippen LogP contribution in [0.1, 0.15) is 40.0 Å². The van der Waals surface area contributed by atoms with Crippen LogP contribution in [0.4, 0.5) is 8.78 Å². The van der Waals surface area contributed by atoms with Crippen LogP contribution in [0.3, 0.4) is 0 Å². The van der Waals surface area contributed by atoms with Crippen LogP contribution in [0, 0.1) is 6.92 Å². The van der Waals surface area contributed by atoms with Crippen molar-refractivity contribution >= 4 is 12.1 Å². The molecule has 1 aliphatic carbocycles. The molecule has 7 heteroatoms. The first-order chi connectivity index (χ1) is 15.3. The first-order valence-corrected chi connectivity index (χ1v) is 10.3. The number of carbonyl (C=O) groups excluding carboxylic acids is 2. The van der Waals surface area contributed by atoms with Crippen molar-refractivity contribution in [3.05, 3.63) is 77.0 Å². The maximum Gasteiger partial charge on any atom is 0.586 e. The van der Waals surface area contributed by atoms with Gasteiger partial charge in [-0.15, -0.1) is 8.78 Å². The van der Waals surface area contributed by atoms with E-state index in [1.165, 1.54) is 12.1 Å². The third kappa shape index (κ3) is 3.53. The highest BCUT2D eigenvalue weighted by atomic mass is 19.3. The molecule has 2 aliphatic rings. The van der Waals surface area contributed by atoms with Crippen LogP contribution < -0.4 is 9.47 Å². The van der Waals surface area contributed by atoms with Crippen LogP contribution in [0.25, 0.3) is 11.3 Å². The molecule has 0 atom stereocenters. The number of halogens is 2. The quantitative estimate of drug-likeness (QED) is 0.508. The maximum absolute atomic E-state index is 13.3. The van der Waals surface area contributed by atoms with Gasteiger partial charge >= 0.3 is 6.29 Å². The molecule has 0 amide bonds. The van der Waals surface area contributed by atoms with Crippen molar-refractivity contribution in [1.29, 1.82) is 0 Å². The van der Waals surface area contributed by atoms with Crippen LogP contribution in [0.5, 0.6) is 11.5 Å². The second-order valence-electron chi connectivity index (χ2n) is 8.22. The molecule has 1 saturated carbocycles. The lowest BCUT2D eigenvalue weighted by molar-refractivity contribution is -0.286. The number of rotatable bonds is 6. The number of aryl methyl sites for hydroxylation is 1. The first kappa shape index (κ1) is 20.3. The maximum atomic E-state index is 13.3. The lowest BCUT2D eigenvalue weighted by Gasteiger charge is -2.15. The molecule has 1 aromatic heterocycles. The summed E-state index contributed by atoms with van der Waals surface area (Å²) in [5.74, 6) is -0.117. The molecule has 0 saturated heterocycles. The molecule has 32 heavy (non-hydrogen) atoms. The predicted molar refractivity (Wildman–Crippen MR) is 112 cm³/mol. The van der Waals surface area contributed by atoms with E-state index >= 15 is 0 Å². The third-order valence-electron chi connectivity index (χ3n) is 6.03. The fourth-order valence-electron chi connectivity index (χ4n) is 4.15. The Morgan fingerprint density at radius 2 is 1.84 bits per heavy atom. The van der Waals surface area contributed by atoms with E-state index < -0.39 is 11.7 Å². The van der Waals surface area contributed by atoms with E-state index in [1.807, 2.05) is 25.1 Å². The molecule has 1 aliphatic heterocycles. The van der Waals surface area contributed by atoms with Gasteiger partial charge in [-0.3, -0.25) is 14.6 Å². The number of fused-ring (bicyclic) bond motifs is 1. The fraction of sp³-hybridized carbons (Fsp3) is 0.240. The minimum absolute atomic E-state index is 0.0212. The van der Waals surface area contributed by atoms with Gasteiger partial charge in [0.2, 0.25) is 0 Å². The smallest absolute Gasteiger partial charge is 0.395 e. The van der Waals surface area contributed by atoms with Gasteiger partial charge in [-0.2, -0.15) is 0 Å². The van der Waals surface area contributed by atoms with Crippen LogP contribution >= 0.6 is 0 Å². The number of ether oxygens (including phenoxy) is 2. The molecular weight excluding hydrogens is 416 g/mol. The van der Waals surface area contributed by atoms with E-state index in [0.29, 0.717) is 35.4 Å². The highest BCUT2D eigenvalue weighted by molar-refractivity contribution is 5.94. The number of alkyl halides is 2. The average molecular weight is 435 g/mol. The summed E-state index contributed by atoms with van der Waals surface area (Å²) in [4.78, 5) is 29.1. The number of carbonyl (C=O) groups is 2. The van der Waals surface area contributed by atoms with Crippen LogP contribution in [0.15, 0.2) is 54.6 Å². The molecule has 162 valence electrons. The number of ketones is 1. The van der Waals surface area contributed by atoms with Gasteiger partial charge in [0, 0.05) is 23.2 Å². The zero-order valence-corrected chi connectivity index (χ0v) is 17.2. The summed E-state index contributed by atoms with van der Waals surface area (Å²) in [7, 11) is 0. The zero-order valence-electron chi connectivity index (χ0n) is 17.2. The van der Waals surface area contributed by atoms with Crippen molar-refractivity contribution in [1.82, 2.24) is 4.98 Å². The molecule has 1 fully saturated rings. The Labute approximate surface area is 183 Å². The van der Waals surface area contributed by atoms with Crippen molar-refractivity contribution in [3.8, 4) is 22.8 Å². The molecule has 0 unspecified atom stereocenters. The summed E-state index contributed by atoms with van der Waals surface area (Å²) >= 11 is 0. The van der Waals surface area contributed by atoms with Crippen LogP contribution in [-0.2, 0) is 16.6 Å². The number of benzene rings is 2. The van der Waals surface area contributed by atoms with Crippen LogP contribution in [-0.4, -0.2) is 23.3 Å². The van der Waals surface area contributed by atoms with Crippen molar-refractivity contribution < 1.29 is 27.8 Å². The molecule has 0 bridgehead atoms. The topological polar surface area (TPSA) is 65.5 Å². The largest absolute Gasteiger partial charge is 0.586 e. The van der Waals surface area contributed by atoms with Crippen LogP contribution in [0.2, 0.25) is 0 Å². The summed E-state index contributed by atoms with van der Waals surface area (Å²) in [5, 5.41) is 0. The lowest BCUT2D eigenvalue weighted by Crippen LogP contribution is -2.26.